The van der Waals surface area contributed by atoms with E-state index in [2.05, 4.69) is 48.6 Å². The van der Waals surface area contributed by atoms with Gasteiger partial charge in [-0.1, -0.05) is 40.2 Å². The van der Waals surface area contributed by atoms with Crippen LogP contribution in [0.2, 0.25) is 0 Å². The fraction of sp³-hybridized carbons (Fsp3) is 0.188. The minimum absolute atomic E-state index is 0.00782. The molecule has 2 aromatic rings. The van der Waals surface area contributed by atoms with E-state index in [1.54, 1.807) is 0 Å². The molecule has 5 heteroatoms. The highest BCUT2D eigenvalue weighted by molar-refractivity contribution is 9.11. The van der Waals surface area contributed by atoms with Gasteiger partial charge in [0.25, 0.3) is 0 Å². The van der Waals surface area contributed by atoms with Crippen LogP contribution in [0.15, 0.2) is 51.4 Å². The molecule has 0 spiro atoms. The first-order valence-electron chi connectivity index (χ1n) is 6.69. The summed E-state index contributed by atoms with van der Waals surface area (Å²) < 4.78 is 1.80. The number of carbonyl (C=O) groups is 1. The number of anilines is 1. The Bertz CT molecular complexity index is 688. The van der Waals surface area contributed by atoms with Crippen molar-refractivity contribution in [1.29, 1.82) is 0 Å². The third kappa shape index (κ3) is 3.20. The average Bonchev–Trinajstić information content (AvgIpc) is 2.50. The summed E-state index contributed by atoms with van der Waals surface area (Å²) in [4.78, 5) is 12.6. The molecule has 1 aliphatic rings. The third-order valence-corrected chi connectivity index (χ3v) is 4.78. The first-order chi connectivity index (χ1) is 10.1. The maximum absolute atomic E-state index is 12.6. The van der Waals surface area contributed by atoms with Gasteiger partial charge in [-0.3, -0.25) is 4.79 Å². The monoisotopic (exact) mass is 408 g/mol. The zero-order valence-corrected chi connectivity index (χ0v) is 14.4. The van der Waals surface area contributed by atoms with Crippen LogP contribution in [0.25, 0.3) is 0 Å². The topological polar surface area (TPSA) is 41.1 Å². The molecule has 3 rings (SSSR count). The van der Waals surface area contributed by atoms with Crippen LogP contribution >= 0.6 is 31.9 Å². The third-order valence-electron chi connectivity index (χ3n) is 3.60. The Hall–Kier alpha value is -1.17. The molecule has 0 saturated carbocycles. The normalized spacial score (nSPS) is 17.1. The van der Waals surface area contributed by atoms with Crippen LogP contribution in [0.3, 0.4) is 0 Å². The smallest absolute Gasteiger partial charge is 0.233 e. The van der Waals surface area contributed by atoms with Gasteiger partial charge >= 0.3 is 0 Å². The second-order valence-corrected chi connectivity index (χ2v) is 6.77. The van der Waals surface area contributed by atoms with Gasteiger partial charge in [-0.25, -0.2) is 0 Å². The fourth-order valence-electron chi connectivity index (χ4n) is 2.54. The Morgan fingerprint density at radius 2 is 2.00 bits per heavy atom. The molecule has 108 valence electrons. The highest BCUT2D eigenvalue weighted by atomic mass is 79.9. The number of fused-ring (bicyclic) bond motifs is 1. The summed E-state index contributed by atoms with van der Waals surface area (Å²) in [5, 5.41) is 6.31. The summed E-state index contributed by atoms with van der Waals surface area (Å²) in [6.07, 6.45) is 0. The van der Waals surface area contributed by atoms with Gasteiger partial charge in [-0.15, -0.1) is 0 Å². The van der Waals surface area contributed by atoms with E-state index in [9.17, 15) is 4.79 Å². The SMILES string of the molecule is O=C(Nc1cc(Br)ccc1Br)C1CNCc2ccccc21. The largest absolute Gasteiger partial charge is 0.324 e. The van der Waals surface area contributed by atoms with Crippen LogP contribution in [-0.4, -0.2) is 12.5 Å². The second kappa shape index (κ2) is 6.30. The lowest BCUT2D eigenvalue weighted by atomic mass is 9.90. The molecule has 21 heavy (non-hydrogen) atoms. The lowest BCUT2D eigenvalue weighted by molar-refractivity contribution is -0.117. The highest BCUT2D eigenvalue weighted by Crippen LogP contribution is 2.29. The number of hydrogen-bond acceptors (Lipinski definition) is 2. The molecule has 3 nitrogen and oxygen atoms in total. The van der Waals surface area contributed by atoms with Crippen molar-refractivity contribution in [2.24, 2.45) is 0 Å². The van der Waals surface area contributed by atoms with Crippen LogP contribution in [0, 0.1) is 0 Å². The number of carbonyl (C=O) groups excluding carboxylic acids is 1. The molecule has 1 aliphatic heterocycles. The van der Waals surface area contributed by atoms with Gasteiger partial charge in [0.05, 0.1) is 11.6 Å². The fourth-order valence-corrected chi connectivity index (χ4v) is 3.25. The van der Waals surface area contributed by atoms with Crippen molar-refractivity contribution in [3.05, 3.63) is 62.5 Å². The molecular weight excluding hydrogens is 396 g/mol. The molecule has 0 aliphatic carbocycles. The zero-order valence-electron chi connectivity index (χ0n) is 11.2. The Kier molecular flexibility index (Phi) is 4.42. The van der Waals surface area contributed by atoms with E-state index in [0.29, 0.717) is 6.54 Å². The minimum atomic E-state index is -0.166. The van der Waals surface area contributed by atoms with Gasteiger partial charge in [-0.05, 0) is 45.3 Å². The molecule has 0 radical (unpaired) electrons. The average molecular weight is 410 g/mol. The predicted octanol–water partition coefficient (Wildman–Crippen LogP) is 4.04. The zero-order chi connectivity index (χ0) is 14.8. The lowest BCUT2D eigenvalue weighted by Crippen LogP contribution is -2.35. The Morgan fingerprint density at radius 1 is 1.19 bits per heavy atom. The van der Waals surface area contributed by atoms with Crippen molar-refractivity contribution in [2.75, 3.05) is 11.9 Å². The van der Waals surface area contributed by atoms with E-state index < -0.39 is 0 Å². The van der Waals surface area contributed by atoms with Crippen LogP contribution in [0.4, 0.5) is 5.69 Å². The Balaban J connectivity index is 1.85. The molecule has 1 amide bonds. The number of amides is 1. The number of hydrogen-bond donors (Lipinski definition) is 2. The standard InChI is InChI=1S/C16H14Br2N2O/c17-11-5-6-14(18)15(7-11)20-16(21)13-9-19-8-10-3-1-2-4-12(10)13/h1-7,13,19H,8-9H2,(H,20,21). The molecule has 2 aromatic carbocycles. The molecule has 0 bridgehead atoms. The van der Waals surface area contributed by atoms with E-state index in [4.69, 9.17) is 0 Å². The molecule has 1 heterocycles. The summed E-state index contributed by atoms with van der Waals surface area (Å²) in [6.45, 7) is 1.48. The van der Waals surface area contributed by atoms with E-state index in [1.165, 1.54) is 5.56 Å². The summed E-state index contributed by atoms with van der Waals surface area (Å²) >= 11 is 6.89. The predicted molar refractivity (Wildman–Crippen MR) is 91.4 cm³/mol. The van der Waals surface area contributed by atoms with E-state index in [1.807, 2.05) is 36.4 Å². The van der Waals surface area contributed by atoms with Gasteiger partial charge in [-0.2, -0.15) is 0 Å². The van der Waals surface area contributed by atoms with E-state index in [-0.39, 0.29) is 11.8 Å². The van der Waals surface area contributed by atoms with Gasteiger partial charge in [0.2, 0.25) is 5.91 Å². The summed E-state index contributed by atoms with van der Waals surface area (Å²) in [7, 11) is 0. The van der Waals surface area contributed by atoms with Crippen molar-refractivity contribution in [3.63, 3.8) is 0 Å². The first-order valence-corrected chi connectivity index (χ1v) is 8.28. The Morgan fingerprint density at radius 3 is 2.86 bits per heavy atom. The second-order valence-electron chi connectivity index (χ2n) is 5.00. The number of benzene rings is 2. The van der Waals surface area contributed by atoms with Gasteiger partial charge in [0.1, 0.15) is 0 Å². The maximum Gasteiger partial charge on any atom is 0.233 e. The van der Waals surface area contributed by atoms with Crippen LogP contribution in [0.5, 0.6) is 0 Å². The van der Waals surface area contributed by atoms with Gasteiger partial charge in [0.15, 0.2) is 0 Å². The highest BCUT2D eigenvalue weighted by Gasteiger charge is 2.26. The summed E-state index contributed by atoms with van der Waals surface area (Å²) in [6, 6.07) is 13.8. The summed E-state index contributed by atoms with van der Waals surface area (Å²) in [5.74, 6) is -0.158. The molecule has 0 aromatic heterocycles. The quantitative estimate of drug-likeness (QED) is 0.785. The van der Waals surface area contributed by atoms with Gasteiger partial charge < -0.3 is 10.6 Å². The number of rotatable bonds is 2. The van der Waals surface area contributed by atoms with Crippen LogP contribution in [0.1, 0.15) is 17.0 Å². The molecular formula is C16H14Br2N2O. The van der Waals surface area contributed by atoms with Crippen molar-refractivity contribution >= 4 is 43.5 Å². The molecule has 1 unspecified atom stereocenters. The van der Waals surface area contributed by atoms with E-state index in [0.717, 1.165) is 26.7 Å². The van der Waals surface area contributed by atoms with Crippen LogP contribution in [-0.2, 0) is 11.3 Å². The van der Waals surface area contributed by atoms with Crippen molar-refractivity contribution < 1.29 is 4.79 Å². The number of halogens is 2. The molecule has 0 saturated heterocycles. The van der Waals surface area contributed by atoms with Crippen LogP contribution < -0.4 is 10.6 Å². The molecule has 2 N–H and O–H groups in total. The summed E-state index contributed by atoms with van der Waals surface area (Å²) in [5.41, 5.74) is 3.08. The van der Waals surface area contributed by atoms with Crippen molar-refractivity contribution in [2.45, 2.75) is 12.5 Å². The minimum Gasteiger partial charge on any atom is -0.324 e. The first kappa shape index (κ1) is 14.8. The molecule has 1 atom stereocenters. The van der Waals surface area contributed by atoms with Crippen molar-refractivity contribution in [3.8, 4) is 0 Å². The molecule has 0 fully saturated rings. The number of nitrogens with one attached hydrogen (secondary N) is 2. The Labute approximate surface area is 140 Å². The maximum atomic E-state index is 12.6. The lowest BCUT2D eigenvalue weighted by Gasteiger charge is -2.25. The van der Waals surface area contributed by atoms with Crippen molar-refractivity contribution in [1.82, 2.24) is 5.32 Å². The van der Waals surface area contributed by atoms with E-state index >= 15 is 0 Å². The van der Waals surface area contributed by atoms with Gasteiger partial charge in [0, 0.05) is 22.0 Å².